The van der Waals surface area contributed by atoms with Crippen LogP contribution < -0.4 is 0 Å². The molecule has 5 heteroatoms. The van der Waals surface area contributed by atoms with Crippen molar-refractivity contribution < 1.29 is 9.59 Å². The summed E-state index contributed by atoms with van der Waals surface area (Å²) in [6.07, 6.45) is 7.01. The maximum absolute atomic E-state index is 13.1. The maximum Gasteiger partial charge on any atom is 0.274 e. The lowest BCUT2D eigenvalue weighted by Crippen LogP contribution is -2.56. The number of carbonyl (C=O) groups is 2. The van der Waals surface area contributed by atoms with Crippen LogP contribution in [0, 0.1) is 0 Å². The number of carbonyl (C=O) groups excluding carboxylic acids is 2. The van der Waals surface area contributed by atoms with Gasteiger partial charge in [-0.2, -0.15) is 0 Å². The Kier molecular flexibility index (Phi) is 3.03. The number of amides is 2. The van der Waals surface area contributed by atoms with Gasteiger partial charge in [-0.15, -0.1) is 0 Å². The second-order valence-electron chi connectivity index (χ2n) is 7.86. The number of para-hydroxylation sites is 1. The molecule has 1 saturated heterocycles. The Bertz CT molecular complexity index is 1010. The molecule has 1 aromatic heterocycles. The van der Waals surface area contributed by atoms with Crippen LogP contribution in [0.2, 0.25) is 0 Å². The van der Waals surface area contributed by atoms with Crippen LogP contribution in [0.1, 0.15) is 31.5 Å². The van der Waals surface area contributed by atoms with Gasteiger partial charge >= 0.3 is 0 Å². The fourth-order valence-corrected chi connectivity index (χ4v) is 4.43. The Morgan fingerprint density at radius 3 is 2.85 bits per heavy atom. The summed E-state index contributed by atoms with van der Waals surface area (Å²) in [5.41, 5.74) is 3.61. The summed E-state index contributed by atoms with van der Waals surface area (Å²) in [5.74, 6) is -0.0450. The zero-order valence-corrected chi connectivity index (χ0v) is 15.0. The van der Waals surface area contributed by atoms with Gasteiger partial charge in [0, 0.05) is 41.2 Å². The number of H-pyrrole nitrogens is 1. The van der Waals surface area contributed by atoms with Crippen LogP contribution in [0.3, 0.4) is 0 Å². The fraction of sp³-hybridized carbons (Fsp3) is 0.333. The van der Waals surface area contributed by atoms with Gasteiger partial charge in [0.05, 0.1) is 0 Å². The molecular weight excluding hydrogens is 326 g/mol. The first-order valence-electron chi connectivity index (χ1n) is 9.11. The molecule has 1 fully saturated rings. The van der Waals surface area contributed by atoms with E-state index in [0.717, 1.165) is 28.6 Å². The molecule has 0 aliphatic carbocycles. The van der Waals surface area contributed by atoms with E-state index in [-0.39, 0.29) is 17.2 Å². The molecule has 0 bridgehead atoms. The molecule has 0 unspecified atom stereocenters. The third kappa shape index (κ3) is 1.97. The third-order valence-electron chi connectivity index (χ3n) is 5.83. The molecule has 4 heterocycles. The molecule has 2 amide bonds. The van der Waals surface area contributed by atoms with E-state index in [2.05, 4.69) is 31.0 Å². The van der Waals surface area contributed by atoms with Crippen molar-refractivity contribution in [3.8, 4) is 0 Å². The van der Waals surface area contributed by atoms with Crippen LogP contribution in [0.5, 0.6) is 0 Å². The highest BCUT2D eigenvalue weighted by molar-refractivity contribution is 6.06. The van der Waals surface area contributed by atoms with E-state index in [1.807, 2.05) is 30.5 Å². The molecule has 1 atom stereocenters. The number of aromatic amines is 1. The van der Waals surface area contributed by atoms with Crippen molar-refractivity contribution in [1.29, 1.82) is 0 Å². The second kappa shape index (κ2) is 5.10. The minimum atomic E-state index is -0.483. The van der Waals surface area contributed by atoms with Crippen molar-refractivity contribution in [3.05, 3.63) is 59.6 Å². The fourth-order valence-electron chi connectivity index (χ4n) is 4.43. The summed E-state index contributed by atoms with van der Waals surface area (Å²) in [5, 5.41) is 1.13. The Labute approximate surface area is 152 Å². The number of fused-ring (bicyclic) bond motifs is 5. The van der Waals surface area contributed by atoms with Gasteiger partial charge in [-0.05, 0) is 18.1 Å². The van der Waals surface area contributed by atoms with E-state index in [9.17, 15) is 9.59 Å². The molecule has 2 aromatic rings. The molecule has 5 nitrogen and oxygen atoms in total. The predicted molar refractivity (Wildman–Crippen MR) is 99.2 cm³/mol. The van der Waals surface area contributed by atoms with E-state index < -0.39 is 6.04 Å². The highest BCUT2D eigenvalue weighted by Crippen LogP contribution is 2.38. The van der Waals surface area contributed by atoms with Gasteiger partial charge in [0.15, 0.2) is 0 Å². The molecular formula is C21H21N3O2. The van der Waals surface area contributed by atoms with Gasteiger partial charge in [0.25, 0.3) is 11.8 Å². The van der Waals surface area contributed by atoms with Crippen molar-refractivity contribution in [2.75, 3.05) is 6.54 Å². The summed E-state index contributed by atoms with van der Waals surface area (Å²) in [7, 11) is 0. The summed E-state index contributed by atoms with van der Waals surface area (Å²) >= 11 is 0. The van der Waals surface area contributed by atoms with E-state index in [4.69, 9.17) is 0 Å². The molecule has 3 aliphatic heterocycles. The van der Waals surface area contributed by atoms with Crippen LogP contribution >= 0.6 is 0 Å². The Morgan fingerprint density at radius 2 is 2.00 bits per heavy atom. The number of aromatic nitrogens is 1. The van der Waals surface area contributed by atoms with Crippen molar-refractivity contribution in [2.24, 2.45) is 0 Å². The maximum atomic E-state index is 13.1. The lowest BCUT2D eigenvalue weighted by atomic mass is 9.83. The van der Waals surface area contributed by atoms with E-state index in [0.29, 0.717) is 18.7 Å². The summed E-state index contributed by atoms with van der Waals surface area (Å²) in [6.45, 7) is 4.88. The van der Waals surface area contributed by atoms with Gasteiger partial charge in [-0.3, -0.25) is 9.59 Å². The largest absolute Gasteiger partial charge is 0.357 e. The smallest absolute Gasteiger partial charge is 0.274 e. The normalized spacial score (nSPS) is 24.1. The van der Waals surface area contributed by atoms with Crippen molar-refractivity contribution in [3.63, 3.8) is 0 Å². The summed E-state index contributed by atoms with van der Waals surface area (Å²) < 4.78 is 0. The van der Waals surface area contributed by atoms with Crippen molar-refractivity contribution >= 4 is 22.7 Å². The predicted octanol–water partition coefficient (Wildman–Crippen LogP) is 2.84. The molecule has 26 heavy (non-hydrogen) atoms. The van der Waals surface area contributed by atoms with Gasteiger partial charge in [-0.25, -0.2) is 0 Å². The molecule has 3 aliphatic rings. The van der Waals surface area contributed by atoms with Crippen molar-refractivity contribution in [2.45, 2.75) is 38.1 Å². The Hall–Kier alpha value is -2.82. The van der Waals surface area contributed by atoms with E-state index in [1.165, 1.54) is 0 Å². The van der Waals surface area contributed by atoms with Crippen LogP contribution in [0.25, 0.3) is 10.9 Å². The minimum Gasteiger partial charge on any atom is -0.357 e. The average molecular weight is 347 g/mol. The number of piperazine rings is 1. The lowest BCUT2D eigenvalue weighted by Gasteiger charge is -2.40. The average Bonchev–Trinajstić information content (AvgIpc) is 3.23. The Morgan fingerprint density at radius 1 is 1.19 bits per heavy atom. The zero-order chi connectivity index (χ0) is 18.1. The second-order valence-corrected chi connectivity index (χ2v) is 7.86. The zero-order valence-electron chi connectivity index (χ0n) is 15.0. The molecule has 1 N–H and O–H groups in total. The van der Waals surface area contributed by atoms with Crippen LogP contribution in [-0.2, 0) is 21.4 Å². The molecule has 0 radical (unpaired) electrons. The number of hydrogen-bond acceptors (Lipinski definition) is 2. The monoisotopic (exact) mass is 347 g/mol. The van der Waals surface area contributed by atoms with Gasteiger partial charge in [0.2, 0.25) is 0 Å². The molecule has 5 rings (SSSR count). The van der Waals surface area contributed by atoms with E-state index >= 15 is 0 Å². The number of benzene rings is 1. The number of allylic oxidation sites excluding steroid dienone is 1. The lowest BCUT2D eigenvalue weighted by molar-refractivity contribution is -0.147. The van der Waals surface area contributed by atoms with E-state index in [1.54, 1.807) is 9.80 Å². The number of nitrogens with one attached hydrogen (secondary N) is 1. The summed E-state index contributed by atoms with van der Waals surface area (Å²) in [4.78, 5) is 33.0. The van der Waals surface area contributed by atoms with Gasteiger partial charge in [-0.1, -0.05) is 44.2 Å². The molecule has 1 aromatic carbocycles. The van der Waals surface area contributed by atoms with Crippen LogP contribution in [0.15, 0.2) is 48.3 Å². The first-order chi connectivity index (χ1) is 12.5. The van der Waals surface area contributed by atoms with Gasteiger partial charge in [0.1, 0.15) is 11.7 Å². The summed E-state index contributed by atoms with van der Waals surface area (Å²) in [6, 6.07) is 7.70. The topological polar surface area (TPSA) is 56.4 Å². The number of hydrogen-bond donors (Lipinski definition) is 1. The highest BCUT2D eigenvalue weighted by atomic mass is 16.2. The molecule has 132 valence electrons. The van der Waals surface area contributed by atoms with Crippen LogP contribution in [0.4, 0.5) is 0 Å². The Balaban J connectivity index is 1.71. The first-order valence-corrected chi connectivity index (χ1v) is 9.11. The highest BCUT2D eigenvalue weighted by Gasteiger charge is 2.45. The SMILES string of the molecule is CC1(C)C=CN2C(=O)C3=CCCN3C(=O)[C@@H]2Cc2c1[nH]c1ccccc21. The first kappa shape index (κ1) is 15.4. The minimum absolute atomic E-state index is 0.0222. The molecule has 0 saturated carbocycles. The standard InChI is InChI=1S/C21H21N3O2/c1-21(2)9-11-24-17(20(26)23-10-5-8-16(23)19(24)25)12-14-13-6-3-4-7-15(13)22-18(14)21/h3-4,6-9,11,17,22H,5,10,12H2,1-2H3/t17-/m0/s1. The number of rotatable bonds is 0. The molecule has 0 spiro atoms. The van der Waals surface area contributed by atoms with Crippen LogP contribution in [-0.4, -0.2) is 39.2 Å². The number of nitrogens with zero attached hydrogens (tertiary/aromatic N) is 2. The quantitative estimate of drug-likeness (QED) is 0.797. The third-order valence-corrected chi connectivity index (χ3v) is 5.83. The van der Waals surface area contributed by atoms with Crippen molar-refractivity contribution in [1.82, 2.24) is 14.8 Å². The van der Waals surface area contributed by atoms with Gasteiger partial charge < -0.3 is 14.8 Å².